The van der Waals surface area contributed by atoms with E-state index in [2.05, 4.69) is 15.3 Å². The number of carbonyl (C=O) groups excluding carboxylic acids is 2. The monoisotopic (exact) mass is 353 g/mol. The molecule has 0 spiro atoms. The number of benzene rings is 1. The smallest absolute Gasteiger partial charge is 0.254 e. The Labute approximate surface area is 153 Å². The van der Waals surface area contributed by atoms with Crippen LogP contribution in [-0.2, 0) is 11.3 Å². The van der Waals surface area contributed by atoms with E-state index in [1.807, 2.05) is 41.0 Å². The SMILES string of the molecule is CC(=O)N1CCN(c2ncc(C(=O)NCc3cccc(C)c3)cn2)CC1. The number of anilines is 1. The first-order chi connectivity index (χ1) is 12.5. The lowest BCUT2D eigenvalue weighted by molar-refractivity contribution is -0.129. The van der Waals surface area contributed by atoms with Crippen LogP contribution in [0.15, 0.2) is 36.7 Å². The number of aromatic nitrogens is 2. The van der Waals surface area contributed by atoms with Gasteiger partial charge in [0.05, 0.1) is 5.56 Å². The van der Waals surface area contributed by atoms with E-state index in [0.717, 1.165) is 11.1 Å². The van der Waals surface area contributed by atoms with Crippen LogP contribution in [0.3, 0.4) is 0 Å². The van der Waals surface area contributed by atoms with Gasteiger partial charge in [0.1, 0.15) is 0 Å². The Balaban J connectivity index is 1.55. The molecule has 3 rings (SSSR count). The van der Waals surface area contributed by atoms with E-state index in [-0.39, 0.29) is 11.8 Å². The fourth-order valence-corrected chi connectivity index (χ4v) is 2.93. The number of aryl methyl sites for hydroxylation is 1. The Morgan fingerprint density at radius 1 is 1.12 bits per heavy atom. The van der Waals surface area contributed by atoms with E-state index >= 15 is 0 Å². The minimum absolute atomic E-state index is 0.0891. The molecule has 1 aromatic carbocycles. The largest absolute Gasteiger partial charge is 0.348 e. The highest BCUT2D eigenvalue weighted by Crippen LogP contribution is 2.11. The maximum atomic E-state index is 12.3. The predicted octanol–water partition coefficient (Wildman–Crippen LogP) is 1.38. The third kappa shape index (κ3) is 4.36. The molecule has 0 unspecified atom stereocenters. The highest BCUT2D eigenvalue weighted by Gasteiger charge is 2.20. The number of hydrogen-bond acceptors (Lipinski definition) is 5. The Morgan fingerprint density at radius 2 is 1.81 bits per heavy atom. The third-order valence-electron chi connectivity index (χ3n) is 4.44. The van der Waals surface area contributed by atoms with Gasteiger partial charge in [-0.2, -0.15) is 0 Å². The molecule has 2 amide bonds. The maximum Gasteiger partial charge on any atom is 0.254 e. The molecular weight excluding hydrogens is 330 g/mol. The lowest BCUT2D eigenvalue weighted by Gasteiger charge is -2.34. The van der Waals surface area contributed by atoms with Crippen LogP contribution in [0, 0.1) is 6.92 Å². The van der Waals surface area contributed by atoms with Gasteiger partial charge in [0, 0.05) is 52.0 Å². The Morgan fingerprint density at radius 3 is 2.42 bits per heavy atom. The molecule has 2 aromatic rings. The second-order valence-corrected chi connectivity index (χ2v) is 6.44. The van der Waals surface area contributed by atoms with Crippen molar-refractivity contribution in [2.75, 3.05) is 31.1 Å². The number of hydrogen-bond donors (Lipinski definition) is 1. The van der Waals surface area contributed by atoms with Crippen molar-refractivity contribution < 1.29 is 9.59 Å². The number of nitrogens with zero attached hydrogens (tertiary/aromatic N) is 4. The van der Waals surface area contributed by atoms with Crippen molar-refractivity contribution >= 4 is 17.8 Å². The molecular formula is C19H23N5O2. The summed E-state index contributed by atoms with van der Waals surface area (Å²) in [4.78, 5) is 36.1. The quantitative estimate of drug-likeness (QED) is 0.898. The van der Waals surface area contributed by atoms with Crippen molar-refractivity contribution in [3.05, 3.63) is 53.3 Å². The third-order valence-corrected chi connectivity index (χ3v) is 4.44. The topological polar surface area (TPSA) is 78.4 Å². The van der Waals surface area contributed by atoms with Crippen molar-refractivity contribution in [1.82, 2.24) is 20.2 Å². The van der Waals surface area contributed by atoms with Gasteiger partial charge >= 0.3 is 0 Å². The summed E-state index contributed by atoms with van der Waals surface area (Å²) in [6.45, 7) is 6.78. The van der Waals surface area contributed by atoms with E-state index < -0.39 is 0 Å². The zero-order chi connectivity index (χ0) is 18.5. The molecule has 0 saturated carbocycles. The summed E-state index contributed by atoms with van der Waals surface area (Å²) < 4.78 is 0. The number of rotatable bonds is 4. The number of nitrogens with one attached hydrogen (secondary N) is 1. The molecule has 0 aliphatic carbocycles. The fourth-order valence-electron chi connectivity index (χ4n) is 2.93. The number of piperazine rings is 1. The van der Waals surface area contributed by atoms with Gasteiger partial charge in [0.15, 0.2) is 0 Å². The second-order valence-electron chi connectivity index (χ2n) is 6.44. The van der Waals surface area contributed by atoms with E-state index in [1.165, 1.54) is 0 Å². The van der Waals surface area contributed by atoms with E-state index in [9.17, 15) is 9.59 Å². The summed E-state index contributed by atoms with van der Waals surface area (Å²) in [7, 11) is 0. The van der Waals surface area contributed by atoms with Gasteiger partial charge in [-0.1, -0.05) is 29.8 Å². The molecule has 1 fully saturated rings. The zero-order valence-electron chi connectivity index (χ0n) is 15.1. The number of amides is 2. The second kappa shape index (κ2) is 7.95. The first-order valence-electron chi connectivity index (χ1n) is 8.69. The number of carbonyl (C=O) groups is 2. The van der Waals surface area contributed by atoms with Gasteiger partial charge in [0.25, 0.3) is 5.91 Å². The molecule has 0 atom stereocenters. The average molecular weight is 353 g/mol. The summed E-state index contributed by atoms with van der Waals surface area (Å²) in [6.07, 6.45) is 3.09. The lowest BCUT2D eigenvalue weighted by Crippen LogP contribution is -2.48. The van der Waals surface area contributed by atoms with Crippen LogP contribution in [-0.4, -0.2) is 52.9 Å². The van der Waals surface area contributed by atoms with E-state index in [4.69, 9.17) is 0 Å². The van der Waals surface area contributed by atoms with Crippen LogP contribution in [0.4, 0.5) is 5.95 Å². The van der Waals surface area contributed by atoms with Crippen molar-refractivity contribution in [3.63, 3.8) is 0 Å². The first-order valence-corrected chi connectivity index (χ1v) is 8.69. The molecule has 1 saturated heterocycles. The summed E-state index contributed by atoms with van der Waals surface area (Å²) in [5.41, 5.74) is 2.65. The van der Waals surface area contributed by atoms with Crippen molar-refractivity contribution in [1.29, 1.82) is 0 Å². The molecule has 2 heterocycles. The first kappa shape index (κ1) is 17.8. The standard InChI is InChI=1S/C19H23N5O2/c1-14-4-3-5-16(10-14)11-20-18(26)17-12-21-19(22-13-17)24-8-6-23(7-9-24)15(2)25/h3-5,10,12-13H,6-9,11H2,1-2H3,(H,20,26). The van der Waals surface area contributed by atoms with Crippen molar-refractivity contribution in [2.45, 2.75) is 20.4 Å². The van der Waals surface area contributed by atoms with Crippen LogP contribution in [0.1, 0.15) is 28.4 Å². The van der Waals surface area contributed by atoms with E-state index in [0.29, 0.717) is 44.2 Å². The Kier molecular flexibility index (Phi) is 5.46. The average Bonchev–Trinajstić information content (AvgIpc) is 2.66. The fraction of sp³-hybridized carbons (Fsp3) is 0.368. The molecule has 0 bridgehead atoms. The van der Waals surface area contributed by atoms with Crippen molar-refractivity contribution in [2.24, 2.45) is 0 Å². The van der Waals surface area contributed by atoms with Gasteiger partial charge in [-0.25, -0.2) is 9.97 Å². The lowest BCUT2D eigenvalue weighted by atomic mass is 10.1. The summed E-state index contributed by atoms with van der Waals surface area (Å²) in [5.74, 6) is 0.481. The van der Waals surface area contributed by atoms with Gasteiger partial charge in [-0.3, -0.25) is 9.59 Å². The van der Waals surface area contributed by atoms with Gasteiger partial charge in [-0.15, -0.1) is 0 Å². The Bertz CT molecular complexity index is 783. The van der Waals surface area contributed by atoms with Crippen LogP contribution in [0.5, 0.6) is 0 Å². The van der Waals surface area contributed by atoms with Gasteiger partial charge in [-0.05, 0) is 12.5 Å². The van der Waals surface area contributed by atoms with Crippen LogP contribution in [0.25, 0.3) is 0 Å². The summed E-state index contributed by atoms with van der Waals surface area (Å²) in [5, 5.41) is 2.88. The normalized spacial score (nSPS) is 14.2. The summed E-state index contributed by atoms with van der Waals surface area (Å²) >= 11 is 0. The molecule has 1 N–H and O–H groups in total. The summed E-state index contributed by atoms with van der Waals surface area (Å²) in [6, 6.07) is 8.02. The highest BCUT2D eigenvalue weighted by molar-refractivity contribution is 5.93. The molecule has 1 aliphatic heterocycles. The minimum Gasteiger partial charge on any atom is -0.348 e. The van der Waals surface area contributed by atoms with Gasteiger partial charge in [0.2, 0.25) is 11.9 Å². The zero-order valence-corrected chi connectivity index (χ0v) is 15.1. The van der Waals surface area contributed by atoms with Crippen LogP contribution in [0.2, 0.25) is 0 Å². The van der Waals surface area contributed by atoms with E-state index in [1.54, 1.807) is 19.3 Å². The molecule has 26 heavy (non-hydrogen) atoms. The molecule has 7 nitrogen and oxygen atoms in total. The molecule has 0 radical (unpaired) electrons. The maximum absolute atomic E-state index is 12.3. The molecule has 1 aromatic heterocycles. The highest BCUT2D eigenvalue weighted by atomic mass is 16.2. The molecule has 1 aliphatic rings. The minimum atomic E-state index is -0.195. The van der Waals surface area contributed by atoms with Gasteiger partial charge < -0.3 is 15.1 Å². The van der Waals surface area contributed by atoms with Crippen LogP contribution >= 0.6 is 0 Å². The molecule has 136 valence electrons. The van der Waals surface area contributed by atoms with Crippen LogP contribution < -0.4 is 10.2 Å². The Hall–Kier alpha value is -2.96. The predicted molar refractivity (Wildman–Crippen MR) is 98.8 cm³/mol. The molecule has 7 heteroatoms. The van der Waals surface area contributed by atoms with Crippen molar-refractivity contribution in [3.8, 4) is 0 Å².